The Morgan fingerprint density at radius 1 is 1.38 bits per heavy atom. The van der Waals surface area contributed by atoms with Crippen LogP contribution in [0.5, 0.6) is 0 Å². The number of nitro groups is 1. The van der Waals surface area contributed by atoms with Crippen LogP contribution < -0.4 is 0 Å². The molecular formula is C19H20N2O3. The van der Waals surface area contributed by atoms with Crippen molar-refractivity contribution in [3.8, 4) is 0 Å². The van der Waals surface area contributed by atoms with Crippen LogP contribution in [0.25, 0.3) is 0 Å². The minimum Gasteiger partial charge on any atom is -0.468 e. The molecule has 3 unspecified atom stereocenters. The van der Waals surface area contributed by atoms with Crippen LogP contribution in [0.3, 0.4) is 0 Å². The quantitative estimate of drug-likeness (QED) is 0.547. The van der Waals surface area contributed by atoms with Crippen LogP contribution in [0.2, 0.25) is 0 Å². The summed E-state index contributed by atoms with van der Waals surface area (Å²) in [6.45, 7) is 4.26. The van der Waals surface area contributed by atoms with Crippen LogP contribution in [0, 0.1) is 16.0 Å². The second-order valence-corrected chi connectivity index (χ2v) is 6.78. The molecule has 4 rings (SSSR count). The molecule has 0 aromatic carbocycles. The van der Waals surface area contributed by atoms with E-state index in [2.05, 4.69) is 56.2 Å². The number of allylic oxidation sites excluding steroid dienone is 6. The van der Waals surface area contributed by atoms with Gasteiger partial charge in [0, 0.05) is 17.6 Å². The van der Waals surface area contributed by atoms with Gasteiger partial charge in [-0.3, -0.25) is 15.0 Å². The lowest BCUT2D eigenvalue weighted by molar-refractivity contribution is -0.427. The fourth-order valence-corrected chi connectivity index (χ4v) is 4.37. The number of ether oxygens (including phenoxy) is 1. The van der Waals surface area contributed by atoms with E-state index in [9.17, 15) is 10.1 Å². The Labute approximate surface area is 141 Å². The van der Waals surface area contributed by atoms with Gasteiger partial charge in [-0.15, -0.1) is 0 Å². The molecule has 24 heavy (non-hydrogen) atoms. The first-order chi connectivity index (χ1) is 11.4. The molecule has 0 fully saturated rings. The van der Waals surface area contributed by atoms with Gasteiger partial charge in [0.2, 0.25) is 0 Å². The standard InChI is InChI=1S/C19H20N2O3/c1-12-10-14-11-15(21(22)23)8-9-18(14)24-19(12)13(2)16-6-4-5-7-17(16)20(19)3/h4-10,12,17H,11H2,1-3H3. The minimum atomic E-state index is -0.533. The molecule has 0 aromatic rings. The van der Waals surface area contributed by atoms with E-state index in [4.69, 9.17) is 4.74 Å². The summed E-state index contributed by atoms with van der Waals surface area (Å²) in [5, 5.41) is 11.0. The fourth-order valence-electron chi connectivity index (χ4n) is 4.37. The van der Waals surface area contributed by atoms with Gasteiger partial charge in [-0.2, -0.15) is 0 Å². The van der Waals surface area contributed by atoms with Crippen LogP contribution in [0.15, 0.2) is 70.7 Å². The molecule has 1 spiro atoms. The van der Waals surface area contributed by atoms with E-state index in [0.29, 0.717) is 6.42 Å². The van der Waals surface area contributed by atoms with Crippen molar-refractivity contribution in [1.82, 2.24) is 4.90 Å². The molecule has 4 aliphatic rings. The van der Waals surface area contributed by atoms with Gasteiger partial charge in [-0.05, 0) is 31.2 Å². The van der Waals surface area contributed by atoms with Crippen molar-refractivity contribution in [3.05, 3.63) is 80.8 Å². The maximum absolute atomic E-state index is 11.0. The molecule has 3 atom stereocenters. The smallest absolute Gasteiger partial charge is 0.250 e. The first kappa shape index (κ1) is 15.1. The molecule has 0 saturated heterocycles. The molecule has 124 valence electrons. The average molecular weight is 324 g/mol. The monoisotopic (exact) mass is 324 g/mol. The average Bonchev–Trinajstić information content (AvgIpc) is 2.79. The van der Waals surface area contributed by atoms with Gasteiger partial charge < -0.3 is 4.74 Å². The third kappa shape index (κ3) is 1.85. The Morgan fingerprint density at radius 3 is 2.88 bits per heavy atom. The third-order valence-corrected chi connectivity index (χ3v) is 5.59. The van der Waals surface area contributed by atoms with E-state index < -0.39 is 5.72 Å². The van der Waals surface area contributed by atoms with E-state index >= 15 is 0 Å². The highest BCUT2D eigenvalue weighted by atomic mass is 16.6. The summed E-state index contributed by atoms with van der Waals surface area (Å²) in [5.41, 5.74) is 3.08. The van der Waals surface area contributed by atoms with Crippen molar-refractivity contribution in [2.24, 2.45) is 5.92 Å². The topological polar surface area (TPSA) is 55.6 Å². The Bertz CT molecular complexity index is 812. The zero-order valence-corrected chi connectivity index (χ0v) is 14.0. The Kier molecular flexibility index (Phi) is 3.18. The lowest BCUT2D eigenvalue weighted by Crippen LogP contribution is -2.54. The molecule has 0 radical (unpaired) electrons. The van der Waals surface area contributed by atoms with Gasteiger partial charge in [-0.1, -0.05) is 37.3 Å². The largest absolute Gasteiger partial charge is 0.468 e. The van der Waals surface area contributed by atoms with E-state index in [0.717, 1.165) is 11.3 Å². The third-order valence-electron chi connectivity index (χ3n) is 5.59. The van der Waals surface area contributed by atoms with E-state index in [1.165, 1.54) is 11.1 Å². The highest BCUT2D eigenvalue weighted by Crippen LogP contribution is 2.51. The van der Waals surface area contributed by atoms with Gasteiger partial charge in [0.15, 0.2) is 5.72 Å². The summed E-state index contributed by atoms with van der Waals surface area (Å²) >= 11 is 0. The molecule has 2 heterocycles. The van der Waals surface area contributed by atoms with E-state index in [1.54, 1.807) is 12.2 Å². The van der Waals surface area contributed by atoms with Crippen molar-refractivity contribution in [2.45, 2.75) is 32.0 Å². The van der Waals surface area contributed by atoms with Crippen molar-refractivity contribution < 1.29 is 9.66 Å². The zero-order valence-electron chi connectivity index (χ0n) is 14.0. The van der Waals surface area contributed by atoms with E-state index in [1.807, 2.05) is 0 Å². The normalized spacial score (nSPS) is 34.4. The SMILES string of the molecule is CC1=C2C=CC=CC2N(C)C12OC1=CC=C([N+](=O)[O-])CC1=CC2C. The Balaban J connectivity index is 1.80. The van der Waals surface area contributed by atoms with Gasteiger partial charge in [-0.25, -0.2) is 0 Å². The number of fused-ring (bicyclic) bond motifs is 2. The van der Waals surface area contributed by atoms with Gasteiger partial charge in [0.05, 0.1) is 17.4 Å². The molecule has 2 aliphatic carbocycles. The van der Waals surface area contributed by atoms with Crippen molar-refractivity contribution in [1.29, 1.82) is 0 Å². The van der Waals surface area contributed by atoms with Crippen LogP contribution in [-0.4, -0.2) is 28.6 Å². The maximum atomic E-state index is 11.0. The van der Waals surface area contributed by atoms with Gasteiger partial charge in [0.1, 0.15) is 5.76 Å². The van der Waals surface area contributed by atoms with Crippen LogP contribution in [-0.2, 0) is 4.74 Å². The van der Waals surface area contributed by atoms with Gasteiger partial charge in [0.25, 0.3) is 5.70 Å². The number of hydrogen-bond acceptors (Lipinski definition) is 4. The zero-order chi connectivity index (χ0) is 17.1. The number of rotatable bonds is 1. The summed E-state index contributed by atoms with van der Waals surface area (Å²) in [6, 6.07) is 0.210. The highest BCUT2D eigenvalue weighted by Gasteiger charge is 2.54. The highest BCUT2D eigenvalue weighted by molar-refractivity contribution is 5.51. The molecule has 5 heteroatoms. The fraction of sp³-hybridized carbons (Fsp3) is 0.368. The number of hydrogen-bond donors (Lipinski definition) is 0. The summed E-state index contributed by atoms with van der Waals surface area (Å²) in [5.74, 6) is 0.845. The second-order valence-electron chi connectivity index (χ2n) is 6.78. The van der Waals surface area contributed by atoms with Crippen LogP contribution >= 0.6 is 0 Å². The van der Waals surface area contributed by atoms with Gasteiger partial charge >= 0.3 is 0 Å². The lowest BCUT2D eigenvalue weighted by Gasteiger charge is -2.47. The van der Waals surface area contributed by atoms with Crippen molar-refractivity contribution in [3.63, 3.8) is 0 Å². The van der Waals surface area contributed by atoms with Crippen molar-refractivity contribution in [2.75, 3.05) is 7.05 Å². The maximum Gasteiger partial charge on any atom is 0.250 e. The first-order valence-corrected chi connectivity index (χ1v) is 8.19. The Morgan fingerprint density at radius 2 is 2.17 bits per heavy atom. The van der Waals surface area contributed by atoms with Crippen LogP contribution in [0.4, 0.5) is 0 Å². The molecule has 2 aliphatic heterocycles. The summed E-state index contributed by atoms with van der Waals surface area (Å²) < 4.78 is 6.52. The van der Waals surface area contributed by atoms with Crippen molar-refractivity contribution >= 4 is 0 Å². The predicted molar refractivity (Wildman–Crippen MR) is 91.4 cm³/mol. The summed E-state index contributed by atoms with van der Waals surface area (Å²) in [6.07, 6.45) is 14.2. The summed E-state index contributed by atoms with van der Waals surface area (Å²) in [4.78, 5) is 13.0. The number of likely N-dealkylation sites (N-methyl/N-ethyl adjacent to an activating group) is 1. The molecule has 5 nitrogen and oxygen atoms in total. The number of nitrogens with zero attached hydrogens (tertiary/aromatic N) is 2. The summed E-state index contributed by atoms with van der Waals surface area (Å²) in [7, 11) is 2.08. The Hall–Kier alpha value is -2.40. The van der Waals surface area contributed by atoms with E-state index in [-0.39, 0.29) is 22.6 Å². The minimum absolute atomic E-state index is 0.0978. The van der Waals surface area contributed by atoms with Crippen LogP contribution in [0.1, 0.15) is 20.3 Å². The second kappa shape index (κ2) is 5.05. The first-order valence-electron chi connectivity index (χ1n) is 8.19. The lowest BCUT2D eigenvalue weighted by atomic mass is 9.84. The predicted octanol–water partition coefficient (Wildman–Crippen LogP) is 3.48. The molecule has 0 bridgehead atoms. The molecule has 0 aromatic heterocycles. The molecule has 0 saturated carbocycles. The molecule has 0 N–H and O–H groups in total. The molecule has 0 amide bonds. The molecular weight excluding hydrogens is 304 g/mol.